The number of nitriles is 1. The molecule has 10 heteroatoms. The number of hydrogen-bond acceptors (Lipinski definition) is 7. The predicted octanol–water partition coefficient (Wildman–Crippen LogP) is 3.16. The number of ether oxygens (including phenoxy) is 2. The SMILES string of the molecule is CCCN1CCC(OC(=O)NC(=N/C(=C/C(C)(C)C)C(=O)NC2(C#N)CCCC2)N2CCOCC2)CC1. The number of nitrogens with zero attached hydrogens (tertiary/aromatic N) is 4. The summed E-state index contributed by atoms with van der Waals surface area (Å²) in [5, 5.41) is 15.5. The number of nitrogens with one attached hydrogen (secondary N) is 2. The Morgan fingerprint density at radius 1 is 1.16 bits per heavy atom. The van der Waals surface area contributed by atoms with Crippen molar-refractivity contribution < 1.29 is 19.1 Å². The zero-order valence-electron chi connectivity index (χ0n) is 23.0. The standard InChI is InChI=1S/C27H44N6O4/c1-5-12-32-13-8-21(9-14-32)37-25(35)30-24(33-15-17-36-18-16-33)29-22(19-26(2,3)4)23(34)31-27(20-28)10-6-7-11-27/h19,21H,5-18H2,1-4H3,(H,31,34)(H,29,30,35)/b22-19+. The molecule has 0 aromatic rings. The Balaban J connectivity index is 1.78. The highest BCUT2D eigenvalue weighted by molar-refractivity contribution is 6.00. The molecule has 0 radical (unpaired) electrons. The molecule has 2 N–H and O–H groups in total. The average Bonchev–Trinajstić information content (AvgIpc) is 3.33. The second-order valence-corrected chi connectivity index (χ2v) is 11.4. The van der Waals surface area contributed by atoms with Gasteiger partial charge in [0.1, 0.15) is 17.3 Å². The minimum atomic E-state index is -0.873. The summed E-state index contributed by atoms with van der Waals surface area (Å²) in [5.74, 6) is -0.151. The fourth-order valence-corrected chi connectivity index (χ4v) is 4.99. The highest BCUT2D eigenvalue weighted by Crippen LogP contribution is 2.29. The van der Waals surface area contributed by atoms with Crippen LogP contribution in [-0.2, 0) is 14.3 Å². The van der Waals surface area contributed by atoms with Crippen molar-refractivity contribution in [1.82, 2.24) is 20.4 Å². The van der Waals surface area contributed by atoms with Crippen LogP contribution in [0.4, 0.5) is 4.79 Å². The first-order valence-corrected chi connectivity index (χ1v) is 13.7. The van der Waals surface area contributed by atoms with Gasteiger partial charge in [0.25, 0.3) is 5.91 Å². The summed E-state index contributed by atoms with van der Waals surface area (Å²) in [7, 11) is 0. The molecule has 37 heavy (non-hydrogen) atoms. The summed E-state index contributed by atoms with van der Waals surface area (Å²) < 4.78 is 11.2. The normalized spacial score (nSPS) is 21.9. The van der Waals surface area contributed by atoms with Gasteiger partial charge < -0.3 is 24.6 Å². The van der Waals surface area contributed by atoms with Crippen molar-refractivity contribution in [1.29, 1.82) is 5.26 Å². The number of rotatable bonds is 6. The average molecular weight is 517 g/mol. The molecule has 0 bridgehead atoms. The number of amides is 2. The second-order valence-electron chi connectivity index (χ2n) is 11.4. The maximum absolute atomic E-state index is 13.4. The molecule has 2 amide bonds. The molecule has 3 fully saturated rings. The molecule has 0 aromatic heterocycles. The van der Waals surface area contributed by atoms with Crippen LogP contribution in [0.3, 0.4) is 0 Å². The van der Waals surface area contributed by atoms with Crippen molar-refractivity contribution in [3.8, 4) is 6.07 Å². The molecule has 10 nitrogen and oxygen atoms in total. The molecule has 0 atom stereocenters. The van der Waals surface area contributed by atoms with E-state index in [4.69, 9.17) is 9.47 Å². The molecule has 2 saturated heterocycles. The van der Waals surface area contributed by atoms with Crippen LogP contribution in [0.15, 0.2) is 16.8 Å². The van der Waals surface area contributed by atoms with Crippen molar-refractivity contribution in [2.45, 2.75) is 84.3 Å². The summed E-state index contributed by atoms with van der Waals surface area (Å²) >= 11 is 0. The van der Waals surface area contributed by atoms with Crippen molar-refractivity contribution in [3.05, 3.63) is 11.8 Å². The molecule has 0 spiro atoms. The molecule has 206 valence electrons. The van der Waals surface area contributed by atoms with E-state index in [1.165, 1.54) is 0 Å². The largest absolute Gasteiger partial charge is 0.446 e. The zero-order valence-corrected chi connectivity index (χ0v) is 23.0. The van der Waals surface area contributed by atoms with Gasteiger partial charge in [-0.3, -0.25) is 10.1 Å². The van der Waals surface area contributed by atoms with Crippen molar-refractivity contribution >= 4 is 18.0 Å². The first kappa shape index (κ1) is 28.9. The van der Waals surface area contributed by atoms with Crippen molar-refractivity contribution in [3.63, 3.8) is 0 Å². The van der Waals surface area contributed by atoms with E-state index in [1.807, 2.05) is 25.7 Å². The number of carbonyl (C=O) groups is 2. The Morgan fingerprint density at radius 3 is 2.38 bits per heavy atom. The smallest absolute Gasteiger partial charge is 0.414 e. The molecule has 3 rings (SSSR count). The number of allylic oxidation sites excluding steroid dienone is 1. The summed E-state index contributed by atoms with van der Waals surface area (Å²) in [4.78, 5) is 35.3. The second kappa shape index (κ2) is 13.2. The lowest BCUT2D eigenvalue weighted by Gasteiger charge is -2.32. The fourth-order valence-electron chi connectivity index (χ4n) is 4.99. The topological polar surface area (TPSA) is 119 Å². The predicted molar refractivity (Wildman–Crippen MR) is 142 cm³/mol. The van der Waals surface area contributed by atoms with E-state index in [0.717, 1.165) is 51.7 Å². The Morgan fingerprint density at radius 2 is 1.81 bits per heavy atom. The Labute approximate surface area is 221 Å². The van der Waals surface area contributed by atoms with Gasteiger partial charge in [0.15, 0.2) is 0 Å². The number of aliphatic imine (C=N–C) groups is 1. The minimum Gasteiger partial charge on any atom is -0.446 e. The minimum absolute atomic E-state index is 0.148. The summed E-state index contributed by atoms with van der Waals surface area (Å²) in [5.41, 5.74) is -1.06. The third kappa shape index (κ3) is 9.00. The van der Waals surface area contributed by atoms with Gasteiger partial charge in [-0.05, 0) is 63.0 Å². The van der Waals surface area contributed by atoms with Crippen LogP contribution >= 0.6 is 0 Å². The van der Waals surface area contributed by atoms with Gasteiger partial charge >= 0.3 is 6.09 Å². The Bertz CT molecular complexity index is 884. The molecule has 1 aliphatic carbocycles. The van der Waals surface area contributed by atoms with E-state index < -0.39 is 17.5 Å². The molecular weight excluding hydrogens is 472 g/mol. The number of likely N-dealkylation sites (tertiary alicyclic amines) is 1. The van der Waals surface area contributed by atoms with Crippen LogP contribution in [0.25, 0.3) is 0 Å². The van der Waals surface area contributed by atoms with Gasteiger partial charge in [-0.1, -0.05) is 27.7 Å². The molecular formula is C27H44N6O4. The zero-order chi connectivity index (χ0) is 26.9. The van der Waals surface area contributed by atoms with Gasteiger partial charge in [-0.15, -0.1) is 0 Å². The third-order valence-corrected chi connectivity index (χ3v) is 6.93. The van der Waals surface area contributed by atoms with Gasteiger partial charge in [0.2, 0.25) is 5.96 Å². The first-order chi connectivity index (χ1) is 17.6. The number of hydrogen-bond donors (Lipinski definition) is 2. The number of guanidine groups is 1. The highest BCUT2D eigenvalue weighted by atomic mass is 16.6. The molecule has 0 unspecified atom stereocenters. The molecule has 3 aliphatic rings. The highest BCUT2D eigenvalue weighted by Gasteiger charge is 2.36. The monoisotopic (exact) mass is 516 g/mol. The van der Waals surface area contributed by atoms with Crippen LogP contribution in [0.2, 0.25) is 0 Å². The van der Waals surface area contributed by atoms with E-state index in [1.54, 1.807) is 6.08 Å². The van der Waals surface area contributed by atoms with Gasteiger partial charge in [0, 0.05) is 26.2 Å². The lowest BCUT2D eigenvalue weighted by Crippen LogP contribution is -2.51. The summed E-state index contributed by atoms with van der Waals surface area (Å²) in [6.07, 6.45) is 6.82. The summed E-state index contributed by atoms with van der Waals surface area (Å²) in [6.45, 7) is 13.0. The van der Waals surface area contributed by atoms with Crippen molar-refractivity contribution in [2.24, 2.45) is 10.4 Å². The van der Waals surface area contributed by atoms with E-state index in [2.05, 4.69) is 33.5 Å². The van der Waals surface area contributed by atoms with Crippen LogP contribution in [0.1, 0.15) is 72.6 Å². The Kier molecular flexibility index (Phi) is 10.4. The number of carbonyl (C=O) groups excluding carboxylic acids is 2. The van der Waals surface area contributed by atoms with E-state index in [9.17, 15) is 14.9 Å². The fraction of sp³-hybridized carbons (Fsp3) is 0.778. The molecule has 2 aliphatic heterocycles. The van der Waals surface area contributed by atoms with Crippen LogP contribution in [-0.4, -0.2) is 85.3 Å². The summed E-state index contributed by atoms with van der Waals surface area (Å²) in [6, 6.07) is 2.30. The lowest BCUT2D eigenvalue weighted by molar-refractivity contribution is -0.118. The van der Waals surface area contributed by atoms with Crippen molar-refractivity contribution in [2.75, 3.05) is 45.9 Å². The van der Waals surface area contributed by atoms with E-state index >= 15 is 0 Å². The number of alkyl carbamates (subject to hydrolysis) is 1. The lowest BCUT2D eigenvalue weighted by atomic mass is 9.94. The number of morpholine rings is 1. The quantitative estimate of drug-likeness (QED) is 0.316. The maximum Gasteiger partial charge on any atom is 0.414 e. The Hall–Kier alpha value is -2.64. The molecule has 1 saturated carbocycles. The molecule has 2 heterocycles. The third-order valence-electron chi connectivity index (χ3n) is 6.93. The maximum atomic E-state index is 13.4. The van der Waals surface area contributed by atoms with Crippen LogP contribution in [0.5, 0.6) is 0 Å². The van der Waals surface area contributed by atoms with E-state index in [0.29, 0.717) is 39.1 Å². The molecule has 0 aromatic carbocycles. The van der Waals surface area contributed by atoms with E-state index in [-0.39, 0.29) is 23.2 Å². The van der Waals surface area contributed by atoms with Crippen LogP contribution in [0, 0.1) is 16.7 Å². The first-order valence-electron chi connectivity index (χ1n) is 13.7. The van der Waals surface area contributed by atoms with Gasteiger partial charge in [-0.2, -0.15) is 5.26 Å². The van der Waals surface area contributed by atoms with Crippen LogP contribution < -0.4 is 10.6 Å². The number of piperidine rings is 1. The van der Waals surface area contributed by atoms with Gasteiger partial charge in [0.05, 0.1) is 19.3 Å². The van der Waals surface area contributed by atoms with Gasteiger partial charge in [-0.25, -0.2) is 9.79 Å².